The van der Waals surface area contributed by atoms with Gasteiger partial charge >= 0.3 is 0 Å². The number of carbonyl (C=O) groups excluding carboxylic acids is 1. The Kier molecular flexibility index (Phi) is 4.62. The molecule has 2 aromatic carbocycles. The second-order valence-corrected chi connectivity index (χ2v) is 7.24. The highest BCUT2D eigenvalue weighted by molar-refractivity contribution is 8.00. The standard InChI is InChI=1S/C19H21NO2S/c1-13-12-15-6-4-5-7-18(15)20(13)19(21)14(2)23-17-10-8-16(22-3)9-11-17/h4-11,13-14H,12H2,1-3H3/t13-,14+/m1/s1. The van der Waals surface area contributed by atoms with E-state index in [0.29, 0.717) is 0 Å². The summed E-state index contributed by atoms with van der Waals surface area (Å²) in [6, 6.07) is 16.2. The summed E-state index contributed by atoms with van der Waals surface area (Å²) in [6.07, 6.45) is 0.932. The van der Waals surface area contributed by atoms with Crippen molar-refractivity contribution in [2.75, 3.05) is 12.0 Å². The van der Waals surface area contributed by atoms with Crippen LogP contribution in [0.3, 0.4) is 0 Å². The first-order valence-electron chi connectivity index (χ1n) is 7.82. The fraction of sp³-hybridized carbons (Fsp3) is 0.316. The summed E-state index contributed by atoms with van der Waals surface area (Å²) in [4.78, 5) is 16.0. The highest BCUT2D eigenvalue weighted by Gasteiger charge is 2.33. The second kappa shape index (κ2) is 6.67. The van der Waals surface area contributed by atoms with Crippen molar-refractivity contribution in [3.05, 3.63) is 54.1 Å². The molecule has 1 aliphatic rings. The Hall–Kier alpha value is -1.94. The van der Waals surface area contributed by atoms with Crippen molar-refractivity contribution >= 4 is 23.4 Å². The molecular weight excluding hydrogens is 306 g/mol. The van der Waals surface area contributed by atoms with Gasteiger partial charge < -0.3 is 9.64 Å². The first-order valence-corrected chi connectivity index (χ1v) is 8.70. The topological polar surface area (TPSA) is 29.5 Å². The summed E-state index contributed by atoms with van der Waals surface area (Å²) in [5.74, 6) is 0.999. The van der Waals surface area contributed by atoms with Gasteiger partial charge in [-0.1, -0.05) is 18.2 Å². The van der Waals surface area contributed by atoms with E-state index >= 15 is 0 Å². The van der Waals surface area contributed by atoms with Crippen molar-refractivity contribution in [1.29, 1.82) is 0 Å². The summed E-state index contributed by atoms with van der Waals surface area (Å²) in [6.45, 7) is 4.09. The number of carbonyl (C=O) groups is 1. The Morgan fingerprint density at radius 1 is 1.22 bits per heavy atom. The van der Waals surface area contributed by atoms with Gasteiger partial charge in [-0.05, 0) is 56.2 Å². The zero-order chi connectivity index (χ0) is 16.4. The van der Waals surface area contributed by atoms with Crippen molar-refractivity contribution < 1.29 is 9.53 Å². The molecule has 1 aliphatic heterocycles. The summed E-state index contributed by atoms with van der Waals surface area (Å²) >= 11 is 1.59. The van der Waals surface area contributed by atoms with Gasteiger partial charge in [0.15, 0.2) is 0 Å². The monoisotopic (exact) mass is 327 g/mol. The number of nitrogens with zero attached hydrogens (tertiary/aromatic N) is 1. The molecule has 120 valence electrons. The minimum Gasteiger partial charge on any atom is -0.497 e. The van der Waals surface area contributed by atoms with Crippen molar-refractivity contribution in [1.82, 2.24) is 0 Å². The SMILES string of the molecule is COc1ccc(S[C@@H](C)C(=O)N2c3ccccc3C[C@H]2C)cc1. The zero-order valence-electron chi connectivity index (χ0n) is 13.7. The van der Waals surface area contributed by atoms with Crippen LogP contribution in [0.4, 0.5) is 5.69 Å². The molecule has 0 fully saturated rings. The molecule has 0 aliphatic carbocycles. The summed E-state index contributed by atoms with van der Waals surface area (Å²) in [7, 11) is 1.65. The maximum absolute atomic E-state index is 12.9. The number of hydrogen-bond acceptors (Lipinski definition) is 3. The van der Waals surface area contributed by atoms with E-state index in [4.69, 9.17) is 4.74 Å². The van der Waals surface area contributed by atoms with Crippen LogP contribution in [-0.2, 0) is 11.2 Å². The Morgan fingerprint density at radius 3 is 2.61 bits per heavy atom. The van der Waals surface area contributed by atoms with Crippen molar-refractivity contribution in [2.45, 2.75) is 36.5 Å². The summed E-state index contributed by atoms with van der Waals surface area (Å²) in [5.41, 5.74) is 2.32. The molecule has 1 heterocycles. The molecule has 0 spiro atoms. The highest BCUT2D eigenvalue weighted by atomic mass is 32.2. The van der Waals surface area contributed by atoms with Crippen molar-refractivity contribution in [3.8, 4) is 5.75 Å². The number of para-hydroxylation sites is 1. The molecule has 0 aromatic heterocycles. The molecular formula is C19H21NO2S. The second-order valence-electron chi connectivity index (χ2n) is 5.83. The van der Waals surface area contributed by atoms with Crippen LogP contribution >= 0.6 is 11.8 Å². The Balaban J connectivity index is 1.74. The van der Waals surface area contributed by atoms with Gasteiger partial charge in [-0.3, -0.25) is 4.79 Å². The molecule has 3 nitrogen and oxygen atoms in total. The van der Waals surface area contributed by atoms with E-state index in [-0.39, 0.29) is 17.2 Å². The maximum atomic E-state index is 12.9. The number of methoxy groups -OCH3 is 1. The van der Waals surface area contributed by atoms with Crippen LogP contribution < -0.4 is 9.64 Å². The van der Waals surface area contributed by atoms with Gasteiger partial charge in [0.1, 0.15) is 5.75 Å². The van der Waals surface area contributed by atoms with Gasteiger partial charge in [0.2, 0.25) is 5.91 Å². The molecule has 2 atom stereocenters. The number of ether oxygens (including phenoxy) is 1. The lowest BCUT2D eigenvalue weighted by molar-refractivity contribution is -0.118. The summed E-state index contributed by atoms with van der Waals surface area (Å²) in [5, 5.41) is -0.128. The predicted octanol–water partition coefficient (Wildman–Crippen LogP) is 4.15. The molecule has 2 aromatic rings. The van der Waals surface area contributed by atoms with E-state index in [0.717, 1.165) is 22.8 Å². The molecule has 0 bridgehead atoms. The molecule has 1 amide bonds. The number of amides is 1. The van der Waals surface area contributed by atoms with Crippen molar-refractivity contribution in [2.24, 2.45) is 0 Å². The minimum absolute atomic E-state index is 0.128. The van der Waals surface area contributed by atoms with Crippen molar-refractivity contribution in [3.63, 3.8) is 0 Å². The molecule has 0 saturated carbocycles. The van der Waals surface area contributed by atoms with Gasteiger partial charge in [-0.15, -0.1) is 11.8 Å². The fourth-order valence-corrected chi connectivity index (χ4v) is 3.92. The van der Waals surface area contributed by atoms with Crippen LogP contribution in [0.2, 0.25) is 0 Å². The van der Waals surface area contributed by atoms with Gasteiger partial charge in [0.25, 0.3) is 0 Å². The minimum atomic E-state index is -0.128. The van der Waals surface area contributed by atoms with E-state index < -0.39 is 0 Å². The maximum Gasteiger partial charge on any atom is 0.240 e. The highest BCUT2D eigenvalue weighted by Crippen LogP contribution is 2.35. The number of hydrogen-bond donors (Lipinski definition) is 0. The van der Waals surface area contributed by atoms with Crippen LogP contribution in [-0.4, -0.2) is 24.3 Å². The Morgan fingerprint density at radius 2 is 1.91 bits per heavy atom. The molecule has 0 N–H and O–H groups in total. The predicted molar refractivity (Wildman–Crippen MR) is 95.4 cm³/mol. The molecule has 0 saturated heterocycles. The first kappa shape index (κ1) is 15.9. The number of benzene rings is 2. The molecule has 0 radical (unpaired) electrons. The van der Waals surface area contributed by atoms with Crippen LogP contribution in [0.25, 0.3) is 0 Å². The Bertz CT molecular complexity index is 699. The van der Waals surface area contributed by atoms with E-state index in [1.165, 1.54) is 5.56 Å². The lowest BCUT2D eigenvalue weighted by Gasteiger charge is -2.26. The van der Waals surface area contributed by atoms with Crippen LogP contribution in [0.15, 0.2) is 53.4 Å². The zero-order valence-corrected chi connectivity index (χ0v) is 14.5. The molecule has 0 unspecified atom stereocenters. The van der Waals surface area contributed by atoms with Gasteiger partial charge in [-0.25, -0.2) is 0 Å². The van der Waals surface area contributed by atoms with E-state index in [9.17, 15) is 4.79 Å². The first-order chi connectivity index (χ1) is 11.1. The molecule has 23 heavy (non-hydrogen) atoms. The lowest BCUT2D eigenvalue weighted by Crippen LogP contribution is -2.40. The van der Waals surface area contributed by atoms with Crippen LogP contribution in [0.5, 0.6) is 5.75 Å². The lowest BCUT2D eigenvalue weighted by atomic mass is 10.1. The van der Waals surface area contributed by atoms with Crippen LogP contribution in [0, 0.1) is 0 Å². The fourth-order valence-electron chi connectivity index (χ4n) is 3.01. The van der Waals surface area contributed by atoms with Gasteiger partial charge in [-0.2, -0.15) is 0 Å². The number of rotatable bonds is 4. The number of anilines is 1. The van der Waals surface area contributed by atoms with E-state index in [1.807, 2.05) is 54.3 Å². The Labute approximate surface area is 141 Å². The van der Waals surface area contributed by atoms with Gasteiger partial charge in [0, 0.05) is 16.6 Å². The number of thioether (sulfide) groups is 1. The van der Waals surface area contributed by atoms with Gasteiger partial charge in [0.05, 0.1) is 12.4 Å². The normalized spacial score (nSPS) is 17.7. The third-order valence-corrected chi connectivity index (χ3v) is 5.26. The number of fused-ring (bicyclic) bond motifs is 1. The average Bonchev–Trinajstić information content (AvgIpc) is 2.90. The van der Waals surface area contributed by atoms with Crippen LogP contribution in [0.1, 0.15) is 19.4 Å². The third kappa shape index (κ3) is 3.22. The third-order valence-electron chi connectivity index (χ3n) is 4.16. The quantitative estimate of drug-likeness (QED) is 0.790. The smallest absolute Gasteiger partial charge is 0.240 e. The van der Waals surface area contributed by atoms with E-state index in [2.05, 4.69) is 13.0 Å². The van der Waals surface area contributed by atoms with E-state index in [1.54, 1.807) is 18.9 Å². The summed E-state index contributed by atoms with van der Waals surface area (Å²) < 4.78 is 5.17. The average molecular weight is 327 g/mol. The largest absolute Gasteiger partial charge is 0.497 e. The molecule has 3 rings (SSSR count). The molecule has 4 heteroatoms.